The van der Waals surface area contributed by atoms with Crippen molar-refractivity contribution >= 4 is 0 Å². The Balaban J connectivity index is 1.93. The molecular formula is C14H30N2. The van der Waals surface area contributed by atoms with Crippen LogP contribution in [0, 0.1) is 11.8 Å². The van der Waals surface area contributed by atoms with Gasteiger partial charge in [-0.2, -0.15) is 0 Å². The van der Waals surface area contributed by atoms with Gasteiger partial charge in [-0.1, -0.05) is 38.5 Å². The first-order chi connectivity index (χ1) is 7.88. The molecule has 0 aliphatic heterocycles. The minimum Gasteiger partial charge on any atom is -0.330 e. The highest BCUT2D eigenvalue weighted by Crippen LogP contribution is 2.41. The van der Waals surface area contributed by atoms with E-state index in [-0.39, 0.29) is 0 Å². The SMILES string of the molecule is NCCCCCC1CCC1CCCCCN. The van der Waals surface area contributed by atoms with Crippen molar-refractivity contribution in [1.29, 1.82) is 0 Å². The summed E-state index contributed by atoms with van der Waals surface area (Å²) in [6.07, 6.45) is 13.8. The molecule has 0 saturated heterocycles. The molecule has 0 bridgehead atoms. The fourth-order valence-corrected chi connectivity index (χ4v) is 2.85. The smallest absolute Gasteiger partial charge is 0.00773 e. The van der Waals surface area contributed by atoms with Crippen LogP contribution in [0.5, 0.6) is 0 Å². The standard InChI is InChI=1S/C14H30N2/c15-11-5-1-3-7-13-9-10-14(13)8-4-2-6-12-16/h13-14H,1-12,15-16H2. The van der Waals surface area contributed by atoms with E-state index in [0.29, 0.717) is 0 Å². The summed E-state index contributed by atoms with van der Waals surface area (Å²) in [6.45, 7) is 1.74. The molecule has 0 heterocycles. The molecule has 1 saturated carbocycles. The first-order valence-corrected chi connectivity index (χ1v) is 7.28. The second-order valence-electron chi connectivity index (χ2n) is 5.37. The van der Waals surface area contributed by atoms with Gasteiger partial charge in [0, 0.05) is 0 Å². The van der Waals surface area contributed by atoms with Crippen LogP contribution in [0.2, 0.25) is 0 Å². The zero-order chi connectivity index (χ0) is 11.6. The van der Waals surface area contributed by atoms with Crippen molar-refractivity contribution in [3.63, 3.8) is 0 Å². The Morgan fingerprint density at radius 1 is 0.625 bits per heavy atom. The largest absolute Gasteiger partial charge is 0.330 e. The van der Waals surface area contributed by atoms with Crippen molar-refractivity contribution in [1.82, 2.24) is 0 Å². The third-order valence-electron chi connectivity index (χ3n) is 4.13. The van der Waals surface area contributed by atoms with Crippen molar-refractivity contribution in [3.8, 4) is 0 Å². The van der Waals surface area contributed by atoms with Crippen molar-refractivity contribution in [2.75, 3.05) is 13.1 Å². The second-order valence-corrected chi connectivity index (χ2v) is 5.37. The van der Waals surface area contributed by atoms with Crippen LogP contribution in [0.4, 0.5) is 0 Å². The summed E-state index contributed by atoms with van der Waals surface area (Å²) in [4.78, 5) is 0. The molecule has 1 fully saturated rings. The van der Waals surface area contributed by atoms with Crippen LogP contribution in [0.25, 0.3) is 0 Å². The summed E-state index contributed by atoms with van der Waals surface area (Å²) >= 11 is 0. The highest BCUT2D eigenvalue weighted by Gasteiger charge is 2.29. The van der Waals surface area contributed by atoms with Gasteiger partial charge in [0.2, 0.25) is 0 Å². The van der Waals surface area contributed by atoms with Gasteiger partial charge in [0.1, 0.15) is 0 Å². The van der Waals surface area contributed by atoms with Crippen LogP contribution in [0.3, 0.4) is 0 Å². The fraction of sp³-hybridized carbons (Fsp3) is 1.00. The Kier molecular flexibility index (Phi) is 7.87. The average Bonchev–Trinajstić information content (AvgIpc) is 2.27. The van der Waals surface area contributed by atoms with Crippen LogP contribution in [-0.4, -0.2) is 13.1 Å². The normalized spacial score (nSPS) is 24.4. The molecule has 96 valence electrons. The molecule has 2 nitrogen and oxygen atoms in total. The monoisotopic (exact) mass is 226 g/mol. The number of hydrogen-bond acceptors (Lipinski definition) is 2. The quantitative estimate of drug-likeness (QED) is 0.563. The molecule has 0 spiro atoms. The minimum atomic E-state index is 0.868. The predicted octanol–water partition coefficient (Wildman–Crippen LogP) is 3.05. The Morgan fingerprint density at radius 2 is 1.06 bits per heavy atom. The van der Waals surface area contributed by atoms with Gasteiger partial charge in [-0.05, 0) is 50.6 Å². The lowest BCUT2D eigenvalue weighted by atomic mass is 9.69. The Bertz CT molecular complexity index is 141. The fourth-order valence-electron chi connectivity index (χ4n) is 2.85. The first kappa shape index (κ1) is 14.0. The van der Waals surface area contributed by atoms with Crippen LogP contribution >= 0.6 is 0 Å². The molecule has 0 aromatic heterocycles. The Labute approximate surface area is 101 Å². The van der Waals surface area contributed by atoms with Crippen LogP contribution in [-0.2, 0) is 0 Å². The van der Waals surface area contributed by atoms with Crippen LogP contribution < -0.4 is 11.5 Å². The van der Waals surface area contributed by atoms with E-state index >= 15 is 0 Å². The molecule has 1 aliphatic rings. The molecule has 16 heavy (non-hydrogen) atoms. The highest BCUT2D eigenvalue weighted by molar-refractivity contribution is 4.80. The molecule has 2 heteroatoms. The summed E-state index contributed by atoms with van der Waals surface area (Å²) in [5, 5.41) is 0. The summed E-state index contributed by atoms with van der Waals surface area (Å²) in [5.41, 5.74) is 11.0. The lowest BCUT2D eigenvalue weighted by Gasteiger charge is -2.37. The maximum absolute atomic E-state index is 5.50. The van der Waals surface area contributed by atoms with Crippen LogP contribution in [0.1, 0.15) is 64.2 Å². The summed E-state index contributed by atoms with van der Waals surface area (Å²) < 4.78 is 0. The Morgan fingerprint density at radius 3 is 1.38 bits per heavy atom. The van der Waals surface area contributed by atoms with Gasteiger partial charge in [-0.3, -0.25) is 0 Å². The van der Waals surface area contributed by atoms with E-state index in [4.69, 9.17) is 11.5 Å². The second kappa shape index (κ2) is 9.00. The van der Waals surface area contributed by atoms with Gasteiger partial charge in [0.15, 0.2) is 0 Å². The maximum atomic E-state index is 5.50. The third kappa shape index (κ3) is 5.31. The van der Waals surface area contributed by atoms with Gasteiger partial charge < -0.3 is 11.5 Å². The molecule has 0 aromatic carbocycles. The van der Waals surface area contributed by atoms with Gasteiger partial charge in [-0.15, -0.1) is 0 Å². The Hall–Kier alpha value is -0.0800. The average molecular weight is 226 g/mol. The molecule has 2 unspecified atom stereocenters. The molecule has 1 rings (SSSR count). The number of rotatable bonds is 10. The number of hydrogen-bond donors (Lipinski definition) is 2. The van der Waals surface area contributed by atoms with Gasteiger partial charge >= 0.3 is 0 Å². The topological polar surface area (TPSA) is 52.0 Å². The molecule has 0 aromatic rings. The van der Waals surface area contributed by atoms with E-state index in [1.54, 1.807) is 0 Å². The molecule has 1 aliphatic carbocycles. The summed E-state index contributed by atoms with van der Waals surface area (Å²) in [7, 11) is 0. The summed E-state index contributed by atoms with van der Waals surface area (Å²) in [6, 6.07) is 0. The van der Waals surface area contributed by atoms with Gasteiger partial charge in [-0.25, -0.2) is 0 Å². The lowest BCUT2D eigenvalue weighted by molar-refractivity contribution is 0.145. The number of unbranched alkanes of at least 4 members (excludes halogenated alkanes) is 4. The van der Waals surface area contributed by atoms with Gasteiger partial charge in [0.05, 0.1) is 0 Å². The third-order valence-corrected chi connectivity index (χ3v) is 4.13. The van der Waals surface area contributed by atoms with E-state index in [1.165, 1.54) is 64.2 Å². The molecule has 4 N–H and O–H groups in total. The molecule has 2 atom stereocenters. The van der Waals surface area contributed by atoms with Crippen LogP contribution in [0.15, 0.2) is 0 Å². The van der Waals surface area contributed by atoms with Crippen molar-refractivity contribution < 1.29 is 0 Å². The van der Waals surface area contributed by atoms with Crippen molar-refractivity contribution in [2.45, 2.75) is 64.2 Å². The first-order valence-electron chi connectivity index (χ1n) is 7.28. The van der Waals surface area contributed by atoms with Crippen molar-refractivity contribution in [3.05, 3.63) is 0 Å². The van der Waals surface area contributed by atoms with E-state index in [1.807, 2.05) is 0 Å². The molecular weight excluding hydrogens is 196 g/mol. The van der Waals surface area contributed by atoms with E-state index in [2.05, 4.69) is 0 Å². The van der Waals surface area contributed by atoms with Gasteiger partial charge in [0.25, 0.3) is 0 Å². The van der Waals surface area contributed by atoms with E-state index in [9.17, 15) is 0 Å². The maximum Gasteiger partial charge on any atom is -0.00773 e. The predicted molar refractivity (Wildman–Crippen MR) is 71.3 cm³/mol. The van der Waals surface area contributed by atoms with E-state index < -0.39 is 0 Å². The van der Waals surface area contributed by atoms with Crippen molar-refractivity contribution in [2.24, 2.45) is 23.3 Å². The highest BCUT2D eigenvalue weighted by atomic mass is 14.5. The minimum absolute atomic E-state index is 0.868. The molecule has 0 radical (unpaired) electrons. The zero-order valence-corrected chi connectivity index (χ0v) is 10.8. The zero-order valence-electron chi connectivity index (χ0n) is 10.8. The number of nitrogens with two attached hydrogens (primary N) is 2. The molecule has 0 amide bonds. The summed E-state index contributed by atoms with van der Waals surface area (Å²) in [5.74, 6) is 2.10. The van der Waals surface area contributed by atoms with E-state index in [0.717, 1.165) is 24.9 Å². The lowest BCUT2D eigenvalue weighted by Crippen LogP contribution is -2.25.